The van der Waals surface area contributed by atoms with Crippen LogP contribution in [0.1, 0.15) is 27.7 Å². The Morgan fingerprint density at radius 1 is 1.22 bits per heavy atom. The second-order valence-electron chi connectivity index (χ2n) is 2.49. The standard InChI is InChI=1S/C4H10O.C2H6O.Sc/c1-4(2,3)5;1-2-3;/h5H,1-3H3;3H,2H2,1H3;. The molecule has 0 aliphatic heterocycles. The van der Waals surface area contributed by atoms with Crippen LogP contribution in [0.5, 0.6) is 0 Å². The van der Waals surface area contributed by atoms with E-state index in [1.807, 2.05) is 0 Å². The molecular formula is C6H16O2Sc. The van der Waals surface area contributed by atoms with E-state index in [4.69, 9.17) is 10.2 Å². The Labute approximate surface area is 76.1 Å². The van der Waals surface area contributed by atoms with Crippen LogP contribution in [0.3, 0.4) is 0 Å². The van der Waals surface area contributed by atoms with Crippen LogP contribution in [0, 0.1) is 0 Å². The molecule has 0 saturated carbocycles. The van der Waals surface area contributed by atoms with E-state index in [2.05, 4.69) is 0 Å². The number of hydrogen-bond donors (Lipinski definition) is 2. The van der Waals surface area contributed by atoms with Gasteiger partial charge in [-0.15, -0.1) is 0 Å². The molecule has 0 aliphatic carbocycles. The van der Waals surface area contributed by atoms with Gasteiger partial charge in [0, 0.05) is 32.5 Å². The van der Waals surface area contributed by atoms with E-state index in [-0.39, 0.29) is 32.5 Å². The second kappa shape index (κ2) is 8.79. The smallest absolute Gasteiger partial charge is 0.0563 e. The first-order chi connectivity index (χ1) is 3.41. The minimum absolute atomic E-state index is 0. The van der Waals surface area contributed by atoms with Crippen LogP contribution >= 0.6 is 0 Å². The summed E-state index contributed by atoms with van der Waals surface area (Å²) in [6.45, 7) is 7.16. The molecule has 0 spiro atoms. The Morgan fingerprint density at radius 3 is 1.22 bits per heavy atom. The summed E-state index contributed by atoms with van der Waals surface area (Å²) in [4.78, 5) is 0. The zero-order valence-corrected chi connectivity index (χ0v) is 8.48. The summed E-state index contributed by atoms with van der Waals surface area (Å²) in [6, 6.07) is 0. The van der Waals surface area contributed by atoms with Gasteiger partial charge in [0.1, 0.15) is 0 Å². The van der Waals surface area contributed by atoms with Gasteiger partial charge in [-0.25, -0.2) is 0 Å². The SMILES string of the molecule is CC(C)(C)O.CCO.[Sc]. The molecule has 55 valence electrons. The molecule has 0 aromatic rings. The normalized spacial score (nSPS) is 8.67. The van der Waals surface area contributed by atoms with Crippen molar-refractivity contribution in [2.75, 3.05) is 6.61 Å². The van der Waals surface area contributed by atoms with Gasteiger partial charge < -0.3 is 10.2 Å². The van der Waals surface area contributed by atoms with E-state index < -0.39 is 5.60 Å². The average molecular weight is 165 g/mol. The summed E-state index contributed by atoms with van der Waals surface area (Å²) in [6.07, 6.45) is 0. The molecule has 0 amide bonds. The van der Waals surface area contributed by atoms with Gasteiger partial charge >= 0.3 is 0 Å². The Bertz CT molecular complexity index is 34.8. The van der Waals surface area contributed by atoms with Gasteiger partial charge in [0.2, 0.25) is 0 Å². The van der Waals surface area contributed by atoms with Crippen molar-refractivity contribution in [3.63, 3.8) is 0 Å². The fourth-order valence-corrected chi connectivity index (χ4v) is 0. The molecule has 9 heavy (non-hydrogen) atoms. The van der Waals surface area contributed by atoms with Gasteiger partial charge in [-0.1, -0.05) is 0 Å². The maximum Gasteiger partial charge on any atom is 0.0563 e. The first kappa shape index (κ1) is 16.4. The van der Waals surface area contributed by atoms with Crippen molar-refractivity contribution in [1.29, 1.82) is 0 Å². The van der Waals surface area contributed by atoms with Crippen molar-refractivity contribution in [3.05, 3.63) is 0 Å². The van der Waals surface area contributed by atoms with Crippen molar-refractivity contribution in [1.82, 2.24) is 0 Å². The maximum atomic E-state index is 8.52. The molecule has 0 heterocycles. The quantitative estimate of drug-likeness (QED) is 0.556. The first-order valence-corrected chi connectivity index (χ1v) is 2.75. The average Bonchev–Trinajstić information content (AvgIpc) is 1.27. The van der Waals surface area contributed by atoms with Crippen LogP contribution in [0.15, 0.2) is 0 Å². The number of aliphatic hydroxyl groups is 2. The Hall–Kier alpha value is 0.790. The van der Waals surface area contributed by atoms with Crippen molar-refractivity contribution in [3.8, 4) is 0 Å². The van der Waals surface area contributed by atoms with Gasteiger partial charge in [-0.3, -0.25) is 0 Å². The molecular weight excluding hydrogens is 149 g/mol. The van der Waals surface area contributed by atoms with E-state index in [1.54, 1.807) is 27.7 Å². The van der Waals surface area contributed by atoms with Crippen LogP contribution in [-0.2, 0) is 25.8 Å². The molecule has 0 bridgehead atoms. The van der Waals surface area contributed by atoms with Gasteiger partial charge in [0.15, 0.2) is 0 Å². The minimum atomic E-state index is -0.500. The van der Waals surface area contributed by atoms with Crippen molar-refractivity contribution < 1.29 is 36.1 Å². The summed E-state index contributed by atoms with van der Waals surface area (Å²) in [5.41, 5.74) is -0.500. The van der Waals surface area contributed by atoms with E-state index in [9.17, 15) is 0 Å². The number of aliphatic hydroxyl groups excluding tert-OH is 1. The van der Waals surface area contributed by atoms with Crippen LogP contribution in [-0.4, -0.2) is 22.4 Å². The van der Waals surface area contributed by atoms with E-state index in [0.29, 0.717) is 0 Å². The zero-order valence-electron chi connectivity index (χ0n) is 6.68. The molecule has 1 radical (unpaired) electrons. The Kier molecular flexibility index (Phi) is 16.0. The predicted octanol–water partition coefficient (Wildman–Crippen LogP) is 0.773. The van der Waals surface area contributed by atoms with Crippen LogP contribution in [0.4, 0.5) is 0 Å². The third kappa shape index (κ3) is 649. The van der Waals surface area contributed by atoms with Gasteiger partial charge in [-0.05, 0) is 27.7 Å². The van der Waals surface area contributed by atoms with Crippen molar-refractivity contribution in [2.24, 2.45) is 0 Å². The fourth-order valence-electron chi connectivity index (χ4n) is 0. The molecule has 2 N–H and O–H groups in total. The number of hydrogen-bond acceptors (Lipinski definition) is 2. The fraction of sp³-hybridized carbons (Fsp3) is 1.00. The van der Waals surface area contributed by atoms with Crippen molar-refractivity contribution in [2.45, 2.75) is 33.3 Å². The Morgan fingerprint density at radius 2 is 1.22 bits per heavy atom. The summed E-state index contributed by atoms with van der Waals surface area (Å²) < 4.78 is 0. The van der Waals surface area contributed by atoms with Crippen LogP contribution in [0.25, 0.3) is 0 Å². The maximum absolute atomic E-state index is 8.52. The molecule has 3 heteroatoms. The van der Waals surface area contributed by atoms with Crippen LogP contribution < -0.4 is 0 Å². The van der Waals surface area contributed by atoms with Crippen molar-refractivity contribution >= 4 is 0 Å². The molecule has 0 unspecified atom stereocenters. The summed E-state index contributed by atoms with van der Waals surface area (Å²) in [5.74, 6) is 0. The first-order valence-electron chi connectivity index (χ1n) is 2.75. The largest absolute Gasteiger partial charge is 0.397 e. The zero-order chi connectivity index (χ0) is 7.21. The van der Waals surface area contributed by atoms with Gasteiger partial charge in [0.05, 0.1) is 5.60 Å². The molecule has 0 aromatic heterocycles. The third-order valence-electron chi connectivity index (χ3n) is 0. The van der Waals surface area contributed by atoms with E-state index in [1.165, 1.54) is 0 Å². The number of rotatable bonds is 0. The van der Waals surface area contributed by atoms with Gasteiger partial charge in [0.25, 0.3) is 0 Å². The third-order valence-corrected chi connectivity index (χ3v) is 0. The molecule has 0 rings (SSSR count). The Balaban J connectivity index is -0.0000000800. The summed E-state index contributed by atoms with van der Waals surface area (Å²) in [7, 11) is 0. The van der Waals surface area contributed by atoms with E-state index in [0.717, 1.165) is 0 Å². The molecule has 0 fully saturated rings. The second-order valence-corrected chi connectivity index (χ2v) is 2.49. The van der Waals surface area contributed by atoms with Crippen LogP contribution in [0.2, 0.25) is 0 Å². The topological polar surface area (TPSA) is 40.5 Å². The summed E-state index contributed by atoms with van der Waals surface area (Å²) >= 11 is 0. The molecule has 0 atom stereocenters. The summed E-state index contributed by atoms with van der Waals surface area (Å²) in [5, 5.41) is 16.1. The van der Waals surface area contributed by atoms with Gasteiger partial charge in [-0.2, -0.15) is 0 Å². The molecule has 0 saturated heterocycles. The predicted molar refractivity (Wildman–Crippen MR) is 34.7 cm³/mol. The molecule has 0 aliphatic rings. The monoisotopic (exact) mass is 165 g/mol. The minimum Gasteiger partial charge on any atom is -0.397 e. The molecule has 0 aromatic carbocycles. The molecule has 2 nitrogen and oxygen atoms in total. The van der Waals surface area contributed by atoms with E-state index >= 15 is 0 Å².